The Morgan fingerprint density at radius 1 is 0.898 bits per heavy atom. The lowest BCUT2D eigenvalue weighted by Crippen LogP contribution is -2.60. The molecule has 0 saturated carbocycles. The minimum Gasteiger partial charge on any atom is -0.370 e. The van der Waals surface area contributed by atoms with E-state index in [1.165, 1.54) is 17.0 Å². The Kier molecular flexibility index (Phi) is 8.94. The molecule has 7 heterocycles. The van der Waals surface area contributed by atoms with Crippen molar-refractivity contribution in [3.05, 3.63) is 99.2 Å². The lowest BCUT2D eigenvalue weighted by atomic mass is 9.87. The number of alkyl halides is 2. The van der Waals surface area contributed by atoms with Gasteiger partial charge < -0.3 is 14.8 Å². The quantitative estimate of drug-likeness (QED) is 0.199. The topological polar surface area (TPSA) is 129 Å². The van der Waals surface area contributed by atoms with Crippen molar-refractivity contribution in [3.63, 3.8) is 0 Å². The number of likely N-dealkylation sites (tertiary alicyclic amines) is 1. The molecule has 2 N–H and O–H groups in total. The van der Waals surface area contributed by atoms with Gasteiger partial charge in [0.05, 0.1) is 29.6 Å². The van der Waals surface area contributed by atoms with Crippen LogP contribution in [0.1, 0.15) is 74.5 Å². The Morgan fingerprint density at radius 3 is 2.20 bits per heavy atom. The average molecular weight is 812 g/mol. The second-order valence-electron chi connectivity index (χ2n) is 16.9. The van der Waals surface area contributed by atoms with Gasteiger partial charge in [-0.1, -0.05) is 18.2 Å². The van der Waals surface area contributed by atoms with E-state index in [9.17, 15) is 32.8 Å². The average Bonchev–Trinajstić information content (AvgIpc) is 3.79. The summed E-state index contributed by atoms with van der Waals surface area (Å²) in [6, 6.07) is 11.0. The van der Waals surface area contributed by atoms with Crippen LogP contribution in [0.2, 0.25) is 0 Å². The molecular formula is C43H41F4N7O5. The molecule has 3 aromatic carbocycles. The molecule has 306 valence electrons. The highest BCUT2D eigenvalue weighted by Gasteiger charge is 2.47. The largest absolute Gasteiger partial charge is 0.370 e. The number of fused-ring (bicyclic) bond motifs is 5. The molecule has 1 unspecified atom stereocenters. The smallest absolute Gasteiger partial charge is 0.262 e. The van der Waals surface area contributed by atoms with Gasteiger partial charge in [0.2, 0.25) is 17.7 Å². The number of para-hydroxylation sites is 1. The third kappa shape index (κ3) is 6.21. The van der Waals surface area contributed by atoms with E-state index in [0.717, 1.165) is 32.5 Å². The Hall–Kier alpha value is -5.61. The minimum atomic E-state index is -2.70. The van der Waals surface area contributed by atoms with Crippen molar-refractivity contribution < 1.29 is 41.5 Å². The van der Waals surface area contributed by atoms with Gasteiger partial charge in [0.1, 0.15) is 17.7 Å². The monoisotopic (exact) mass is 811 g/mol. The van der Waals surface area contributed by atoms with Crippen LogP contribution in [-0.2, 0) is 33.9 Å². The van der Waals surface area contributed by atoms with Crippen LogP contribution in [-0.4, -0.2) is 112 Å². The summed E-state index contributed by atoms with van der Waals surface area (Å²) in [6.07, 6.45) is -2.09. The van der Waals surface area contributed by atoms with Crippen LogP contribution in [0.3, 0.4) is 0 Å². The molecule has 10 rings (SSSR count). The first-order valence-electron chi connectivity index (χ1n) is 20.1. The Labute approximate surface area is 336 Å². The molecule has 1 aromatic heterocycles. The number of hydrogen-bond acceptors (Lipinski definition) is 8. The van der Waals surface area contributed by atoms with Crippen LogP contribution in [0.25, 0.3) is 10.9 Å². The van der Waals surface area contributed by atoms with Gasteiger partial charge in [0.15, 0.2) is 0 Å². The maximum absolute atomic E-state index is 16.1. The molecule has 5 amide bonds. The predicted octanol–water partition coefficient (Wildman–Crippen LogP) is 4.36. The number of nitrogens with one attached hydrogen (secondary N) is 2. The van der Waals surface area contributed by atoms with Crippen LogP contribution in [0.4, 0.5) is 23.2 Å². The van der Waals surface area contributed by atoms with Crippen LogP contribution in [0.5, 0.6) is 0 Å². The molecule has 3 saturated heterocycles. The molecule has 6 aliphatic rings. The Bertz CT molecular complexity index is 2410. The minimum absolute atomic E-state index is 0.0148. The van der Waals surface area contributed by atoms with Crippen molar-refractivity contribution >= 4 is 46.1 Å². The van der Waals surface area contributed by atoms with E-state index in [1.54, 1.807) is 28.9 Å². The number of carbonyl (C=O) groups excluding carboxylic acids is 5. The number of aromatic nitrogens is 1. The molecule has 0 aliphatic carbocycles. The molecule has 0 radical (unpaired) electrons. The highest BCUT2D eigenvalue weighted by atomic mass is 19.3. The van der Waals surface area contributed by atoms with Gasteiger partial charge in [0, 0.05) is 92.0 Å². The highest BCUT2D eigenvalue weighted by molar-refractivity contribution is 6.23. The molecule has 6 aliphatic heterocycles. The lowest BCUT2D eigenvalue weighted by Gasteiger charge is -2.47. The van der Waals surface area contributed by atoms with Gasteiger partial charge in [-0.05, 0) is 66.8 Å². The number of rotatable bonds is 8. The summed E-state index contributed by atoms with van der Waals surface area (Å²) in [5, 5.41) is 3.12. The van der Waals surface area contributed by atoms with Gasteiger partial charge in [-0.25, -0.2) is 17.6 Å². The van der Waals surface area contributed by atoms with Crippen molar-refractivity contribution in [1.82, 2.24) is 29.9 Å². The number of aromatic amines is 1. The van der Waals surface area contributed by atoms with E-state index < -0.39 is 66.4 Å². The van der Waals surface area contributed by atoms with Gasteiger partial charge >= 0.3 is 0 Å². The van der Waals surface area contributed by atoms with E-state index in [2.05, 4.69) is 15.2 Å². The normalized spacial score (nSPS) is 23.8. The zero-order chi connectivity index (χ0) is 41.0. The maximum atomic E-state index is 16.1. The second kappa shape index (κ2) is 14.0. The summed E-state index contributed by atoms with van der Waals surface area (Å²) in [5.41, 5.74) is 4.56. The van der Waals surface area contributed by atoms with Gasteiger partial charge in [-0.2, -0.15) is 0 Å². The van der Waals surface area contributed by atoms with Gasteiger partial charge in [0.25, 0.3) is 18.2 Å². The summed E-state index contributed by atoms with van der Waals surface area (Å²) in [6.45, 7) is 4.75. The van der Waals surface area contributed by atoms with Crippen molar-refractivity contribution in [2.24, 2.45) is 11.8 Å². The van der Waals surface area contributed by atoms with Gasteiger partial charge in [-0.15, -0.1) is 0 Å². The number of anilines is 1. The molecule has 0 spiro atoms. The number of hydrogen-bond donors (Lipinski definition) is 2. The molecule has 4 aromatic rings. The summed E-state index contributed by atoms with van der Waals surface area (Å²) < 4.78 is 60.0. The Balaban J connectivity index is 0.752. The number of piperidine rings is 1. The summed E-state index contributed by atoms with van der Waals surface area (Å²) in [4.78, 5) is 75.5. The number of amides is 5. The van der Waals surface area contributed by atoms with E-state index in [0.29, 0.717) is 63.6 Å². The number of imide groups is 2. The van der Waals surface area contributed by atoms with Crippen LogP contribution < -0.4 is 10.2 Å². The number of carbonyl (C=O) groups is 5. The van der Waals surface area contributed by atoms with Crippen LogP contribution in [0, 0.1) is 23.5 Å². The molecule has 3 atom stereocenters. The highest BCUT2D eigenvalue weighted by Crippen LogP contribution is 2.44. The molecule has 16 heteroatoms. The number of nitrogens with zero attached hydrogens (tertiary/aromatic N) is 5. The van der Waals surface area contributed by atoms with Crippen molar-refractivity contribution in [2.45, 2.75) is 63.8 Å². The third-order valence-electron chi connectivity index (χ3n) is 13.1. The Morgan fingerprint density at radius 2 is 1.56 bits per heavy atom. The summed E-state index contributed by atoms with van der Waals surface area (Å²) in [5.74, 6) is -3.92. The molecule has 3 fully saturated rings. The van der Waals surface area contributed by atoms with Crippen molar-refractivity contribution in [3.8, 4) is 0 Å². The number of benzene rings is 3. The lowest BCUT2D eigenvalue weighted by molar-refractivity contribution is -0.143. The van der Waals surface area contributed by atoms with Crippen LogP contribution in [0.15, 0.2) is 48.5 Å². The number of H-pyrrole nitrogens is 1. The zero-order valence-electron chi connectivity index (χ0n) is 32.2. The van der Waals surface area contributed by atoms with Crippen molar-refractivity contribution in [1.29, 1.82) is 0 Å². The summed E-state index contributed by atoms with van der Waals surface area (Å²) >= 11 is 0. The molecule has 12 nitrogen and oxygen atoms in total. The first-order valence-corrected chi connectivity index (χ1v) is 20.1. The van der Waals surface area contributed by atoms with Crippen LogP contribution >= 0.6 is 0 Å². The SMILES string of the molecule is C[C@@H]1Cc2c([nH]c3ccccc23)[C@@H](c2c(F)cc(N3CC(C(=O)N4CC(CN5Cc6cc7c(cc6C5)C(=O)N(C5CCC(=O)NC5=O)C7=O)C4)C3)cc2F)N1CC(F)F. The molecule has 59 heavy (non-hydrogen) atoms. The summed E-state index contributed by atoms with van der Waals surface area (Å²) in [7, 11) is 0. The fourth-order valence-electron chi connectivity index (χ4n) is 10.2. The van der Waals surface area contributed by atoms with E-state index >= 15 is 8.78 Å². The molecular weight excluding hydrogens is 771 g/mol. The third-order valence-corrected chi connectivity index (χ3v) is 13.1. The second-order valence-corrected chi connectivity index (χ2v) is 16.9. The fourth-order valence-corrected chi connectivity index (χ4v) is 10.2. The van der Waals surface area contributed by atoms with E-state index in [4.69, 9.17) is 0 Å². The first kappa shape index (κ1) is 37.6. The standard InChI is InChI=1S/C43H41F4N7O5/c1-21-8-28-27-4-2-3-5-33(27)48-38(28)39(53(21)20-35(46)47)37-31(44)11-26(12-32(37)45)51-18-25(19-51)41(57)52-14-22(15-52)13-50-16-23-9-29-30(10-24(23)17-50)43(59)54(42(29)58)34-6-7-36(55)49-40(34)56/h2-5,9-12,21-22,25,34-35,39,48H,6-8,13-20H2,1H3,(H,49,55,56)/t21-,34?,39-/m1/s1. The zero-order valence-corrected chi connectivity index (χ0v) is 32.2. The number of halogens is 4. The van der Waals surface area contributed by atoms with E-state index in [1.807, 2.05) is 24.3 Å². The fraction of sp³-hybridized carbons (Fsp3) is 0.419. The van der Waals surface area contributed by atoms with E-state index in [-0.39, 0.29) is 47.3 Å². The predicted molar refractivity (Wildman–Crippen MR) is 205 cm³/mol. The van der Waals surface area contributed by atoms with Gasteiger partial charge in [-0.3, -0.25) is 44.0 Å². The van der Waals surface area contributed by atoms with Crippen molar-refractivity contribution in [2.75, 3.05) is 44.2 Å². The molecule has 0 bridgehead atoms. The maximum Gasteiger partial charge on any atom is 0.262 e. The first-order chi connectivity index (χ1) is 28.3.